The van der Waals surface area contributed by atoms with E-state index in [-0.39, 0.29) is 24.0 Å². The highest BCUT2D eigenvalue weighted by molar-refractivity contribution is 7.89. The van der Waals surface area contributed by atoms with E-state index in [1.165, 1.54) is 4.31 Å². The van der Waals surface area contributed by atoms with Gasteiger partial charge in [0, 0.05) is 18.1 Å². The van der Waals surface area contributed by atoms with Crippen LogP contribution in [0.5, 0.6) is 11.5 Å². The highest BCUT2D eigenvalue weighted by Crippen LogP contribution is 2.23. The summed E-state index contributed by atoms with van der Waals surface area (Å²) in [5.74, 6) is 0.781. The highest BCUT2D eigenvalue weighted by atomic mass is 35.5. The zero-order valence-electron chi connectivity index (χ0n) is 16.7. The number of carbonyl (C=O) groups excluding carboxylic acids is 1. The lowest BCUT2D eigenvalue weighted by molar-refractivity contribution is -0.127. The zero-order valence-corrected chi connectivity index (χ0v) is 18.3. The van der Waals surface area contributed by atoms with Gasteiger partial charge in [-0.05, 0) is 62.2 Å². The molecule has 1 aliphatic rings. The molecule has 0 saturated carbocycles. The average Bonchev–Trinajstić information content (AvgIpc) is 3.27. The van der Waals surface area contributed by atoms with Crippen molar-refractivity contribution in [1.82, 2.24) is 9.62 Å². The van der Waals surface area contributed by atoms with Gasteiger partial charge in [0.25, 0.3) is 5.91 Å². The van der Waals surface area contributed by atoms with E-state index in [1.807, 2.05) is 0 Å². The zero-order chi connectivity index (χ0) is 21.6. The standard InChI is InChI=1S/C21H25ClN2O5S/c1-16(29-19-6-4-5-17(22)15-19)21(25)23-11-14-28-18-7-9-20(10-8-18)30(26,27)24-12-2-3-13-24/h4-10,15-16H,2-3,11-14H2,1H3,(H,23,25)/t16-/m0/s1. The molecule has 0 aliphatic carbocycles. The smallest absolute Gasteiger partial charge is 0.260 e. The quantitative estimate of drug-likeness (QED) is 0.591. The lowest BCUT2D eigenvalue weighted by Crippen LogP contribution is -2.38. The van der Waals surface area contributed by atoms with E-state index in [9.17, 15) is 13.2 Å². The molecule has 0 spiro atoms. The fourth-order valence-corrected chi connectivity index (χ4v) is 4.77. The molecule has 0 aromatic heterocycles. The summed E-state index contributed by atoms with van der Waals surface area (Å²) in [5, 5.41) is 3.27. The first kappa shape index (κ1) is 22.4. The number of benzene rings is 2. The molecule has 1 atom stereocenters. The van der Waals surface area contributed by atoms with Crippen molar-refractivity contribution in [1.29, 1.82) is 0 Å². The molecule has 1 aliphatic heterocycles. The number of halogens is 1. The molecule has 162 valence electrons. The van der Waals surface area contributed by atoms with Crippen molar-refractivity contribution < 1.29 is 22.7 Å². The molecule has 2 aromatic carbocycles. The van der Waals surface area contributed by atoms with Crippen LogP contribution in [0.4, 0.5) is 0 Å². The summed E-state index contributed by atoms with van der Waals surface area (Å²) in [6.07, 6.45) is 1.11. The van der Waals surface area contributed by atoms with Crippen LogP contribution < -0.4 is 14.8 Å². The molecule has 3 rings (SSSR count). The van der Waals surface area contributed by atoms with Crippen LogP contribution in [0.2, 0.25) is 5.02 Å². The molecular formula is C21H25ClN2O5S. The Balaban J connectivity index is 1.42. The molecule has 0 unspecified atom stereocenters. The number of rotatable bonds is 9. The number of hydrogen-bond donors (Lipinski definition) is 1. The van der Waals surface area contributed by atoms with E-state index >= 15 is 0 Å². The van der Waals surface area contributed by atoms with Crippen LogP contribution in [0.1, 0.15) is 19.8 Å². The molecule has 2 aromatic rings. The topological polar surface area (TPSA) is 84.9 Å². The van der Waals surface area contributed by atoms with E-state index in [4.69, 9.17) is 21.1 Å². The van der Waals surface area contributed by atoms with Crippen molar-refractivity contribution in [2.24, 2.45) is 0 Å². The van der Waals surface area contributed by atoms with Gasteiger partial charge in [-0.1, -0.05) is 17.7 Å². The Morgan fingerprint density at radius 2 is 1.83 bits per heavy atom. The molecule has 1 N–H and O–H groups in total. The van der Waals surface area contributed by atoms with Crippen molar-refractivity contribution in [3.63, 3.8) is 0 Å². The lowest BCUT2D eigenvalue weighted by atomic mass is 10.3. The van der Waals surface area contributed by atoms with E-state index in [0.29, 0.717) is 29.6 Å². The second kappa shape index (κ2) is 10.1. The molecule has 1 heterocycles. The van der Waals surface area contributed by atoms with Crippen LogP contribution in [0, 0.1) is 0 Å². The number of nitrogens with zero attached hydrogens (tertiary/aromatic N) is 1. The fourth-order valence-electron chi connectivity index (χ4n) is 3.07. The summed E-state index contributed by atoms with van der Waals surface area (Å²) in [6.45, 7) is 3.32. The third kappa shape index (κ3) is 5.87. The number of nitrogens with one attached hydrogen (secondary N) is 1. The van der Waals surface area contributed by atoms with E-state index in [1.54, 1.807) is 55.5 Å². The van der Waals surface area contributed by atoms with Gasteiger partial charge in [-0.25, -0.2) is 8.42 Å². The predicted octanol–water partition coefficient (Wildman–Crippen LogP) is 3.09. The van der Waals surface area contributed by atoms with Gasteiger partial charge in [0.05, 0.1) is 11.4 Å². The first-order chi connectivity index (χ1) is 14.4. The average molecular weight is 453 g/mol. The molecule has 7 nitrogen and oxygen atoms in total. The maximum absolute atomic E-state index is 12.5. The summed E-state index contributed by atoms with van der Waals surface area (Å²) >= 11 is 5.90. The van der Waals surface area contributed by atoms with Gasteiger partial charge >= 0.3 is 0 Å². The van der Waals surface area contributed by atoms with Crippen LogP contribution in [0.25, 0.3) is 0 Å². The van der Waals surface area contributed by atoms with Crippen LogP contribution >= 0.6 is 11.6 Å². The summed E-state index contributed by atoms with van der Waals surface area (Å²) in [4.78, 5) is 12.4. The Morgan fingerprint density at radius 1 is 1.13 bits per heavy atom. The number of sulfonamides is 1. The Bertz CT molecular complexity index is 960. The minimum atomic E-state index is -3.43. The van der Waals surface area contributed by atoms with E-state index in [2.05, 4.69) is 5.32 Å². The highest BCUT2D eigenvalue weighted by Gasteiger charge is 2.26. The van der Waals surface area contributed by atoms with Gasteiger partial charge in [0.2, 0.25) is 10.0 Å². The third-order valence-corrected chi connectivity index (χ3v) is 6.82. The largest absolute Gasteiger partial charge is 0.492 e. The van der Waals surface area contributed by atoms with E-state index in [0.717, 1.165) is 12.8 Å². The Hall–Kier alpha value is -2.29. The lowest BCUT2D eigenvalue weighted by Gasteiger charge is -2.16. The SMILES string of the molecule is C[C@H](Oc1cccc(Cl)c1)C(=O)NCCOc1ccc(S(=O)(=O)N2CCCC2)cc1. The van der Waals surface area contributed by atoms with Crippen molar-refractivity contribution in [3.8, 4) is 11.5 Å². The summed E-state index contributed by atoms with van der Waals surface area (Å²) in [7, 11) is -3.43. The second-order valence-corrected chi connectivity index (χ2v) is 9.31. The Kier molecular flexibility index (Phi) is 7.58. The number of hydrogen-bond acceptors (Lipinski definition) is 5. The molecule has 0 bridgehead atoms. The van der Waals surface area contributed by atoms with Gasteiger partial charge in [0.1, 0.15) is 18.1 Å². The van der Waals surface area contributed by atoms with Crippen LogP contribution in [-0.4, -0.2) is 51.0 Å². The second-order valence-electron chi connectivity index (χ2n) is 6.94. The van der Waals surface area contributed by atoms with Gasteiger partial charge < -0.3 is 14.8 Å². The van der Waals surface area contributed by atoms with Gasteiger partial charge in [-0.2, -0.15) is 4.31 Å². The summed E-state index contributed by atoms with van der Waals surface area (Å²) in [6, 6.07) is 13.2. The molecule has 30 heavy (non-hydrogen) atoms. The van der Waals surface area contributed by atoms with Crippen LogP contribution in [0.3, 0.4) is 0 Å². The monoisotopic (exact) mass is 452 g/mol. The first-order valence-electron chi connectivity index (χ1n) is 9.79. The number of ether oxygens (including phenoxy) is 2. The van der Waals surface area contributed by atoms with Crippen LogP contribution in [-0.2, 0) is 14.8 Å². The van der Waals surface area contributed by atoms with Crippen molar-refractivity contribution in [2.75, 3.05) is 26.2 Å². The Morgan fingerprint density at radius 3 is 2.50 bits per heavy atom. The Labute approximate surface area is 182 Å². The van der Waals surface area contributed by atoms with Crippen molar-refractivity contribution in [2.45, 2.75) is 30.8 Å². The van der Waals surface area contributed by atoms with Gasteiger partial charge in [-0.15, -0.1) is 0 Å². The fraction of sp³-hybridized carbons (Fsp3) is 0.381. The molecule has 1 amide bonds. The predicted molar refractivity (Wildman–Crippen MR) is 114 cm³/mol. The molecule has 1 saturated heterocycles. The summed E-state index contributed by atoms with van der Waals surface area (Å²) < 4.78 is 37.7. The number of amides is 1. The number of carbonyl (C=O) groups is 1. The minimum absolute atomic E-state index is 0.244. The first-order valence-corrected chi connectivity index (χ1v) is 11.6. The molecule has 0 radical (unpaired) electrons. The third-order valence-electron chi connectivity index (χ3n) is 4.67. The van der Waals surface area contributed by atoms with Crippen molar-refractivity contribution in [3.05, 3.63) is 53.6 Å². The molecular weight excluding hydrogens is 428 g/mol. The maximum atomic E-state index is 12.5. The minimum Gasteiger partial charge on any atom is -0.492 e. The van der Waals surface area contributed by atoms with Gasteiger partial charge in [-0.3, -0.25) is 4.79 Å². The molecule has 9 heteroatoms. The summed E-state index contributed by atoms with van der Waals surface area (Å²) in [5.41, 5.74) is 0. The van der Waals surface area contributed by atoms with E-state index < -0.39 is 16.1 Å². The molecule has 1 fully saturated rings. The van der Waals surface area contributed by atoms with Gasteiger partial charge in [0.15, 0.2) is 6.10 Å². The maximum Gasteiger partial charge on any atom is 0.260 e. The normalized spacial score (nSPS) is 15.5. The van der Waals surface area contributed by atoms with Crippen molar-refractivity contribution >= 4 is 27.5 Å². The van der Waals surface area contributed by atoms with Crippen LogP contribution in [0.15, 0.2) is 53.4 Å².